The molecule has 6 nitrogen and oxygen atoms in total. The molecule has 5 rings (SSSR count). The van der Waals surface area contributed by atoms with Gasteiger partial charge in [-0.05, 0) is 37.5 Å². The summed E-state index contributed by atoms with van der Waals surface area (Å²) in [6.07, 6.45) is 3.24. The second-order valence-electron chi connectivity index (χ2n) is 9.15. The molecule has 0 radical (unpaired) electrons. The lowest BCUT2D eigenvalue weighted by Crippen LogP contribution is -2.48. The summed E-state index contributed by atoms with van der Waals surface area (Å²) in [5, 5.41) is 9.55. The van der Waals surface area contributed by atoms with Gasteiger partial charge in [0.15, 0.2) is 0 Å². The van der Waals surface area contributed by atoms with Gasteiger partial charge in [-0.1, -0.05) is 53.8 Å². The number of anilines is 1. The minimum absolute atomic E-state index is 0.116. The van der Waals surface area contributed by atoms with E-state index in [9.17, 15) is 14.7 Å². The topological polar surface area (TPSA) is 65.8 Å². The predicted molar refractivity (Wildman–Crippen MR) is 142 cm³/mol. The Morgan fingerprint density at radius 1 is 1.14 bits per heavy atom. The monoisotopic (exact) mass is 511 g/mol. The molecule has 0 unspecified atom stereocenters. The van der Waals surface area contributed by atoms with Crippen LogP contribution in [0.4, 0.5) is 10.1 Å². The Kier molecular flexibility index (Phi) is 6.55. The lowest BCUT2D eigenvalue weighted by atomic mass is 10.1. The fourth-order valence-electron chi connectivity index (χ4n) is 4.46. The van der Waals surface area contributed by atoms with E-state index in [-0.39, 0.29) is 17.0 Å². The summed E-state index contributed by atoms with van der Waals surface area (Å²) in [7, 11) is 0. The number of piperazine rings is 1. The van der Waals surface area contributed by atoms with E-state index in [0.29, 0.717) is 37.4 Å². The number of carbonyl (C=O) groups is 1. The van der Waals surface area contributed by atoms with Crippen LogP contribution in [0.25, 0.3) is 10.9 Å². The summed E-state index contributed by atoms with van der Waals surface area (Å²) < 4.78 is 17.8. The van der Waals surface area contributed by atoms with Gasteiger partial charge >= 0.3 is 5.97 Å². The number of aromatic carboxylic acids is 1. The van der Waals surface area contributed by atoms with Gasteiger partial charge in [0.05, 0.1) is 11.2 Å². The number of aromatic nitrogens is 1. The van der Waals surface area contributed by atoms with Gasteiger partial charge < -0.3 is 19.5 Å². The van der Waals surface area contributed by atoms with Gasteiger partial charge in [0.1, 0.15) is 15.7 Å². The first-order chi connectivity index (χ1) is 16.8. The Hall–Kier alpha value is -2.91. The summed E-state index contributed by atoms with van der Waals surface area (Å²) in [6.45, 7) is 4.65. The van der Waals surface area contributed by atoms with E-state index in [1.807, 2.05) is 9.47 Å². The van der Waals surface area contributed by atoms with Crippen molar-refractivity contribution in [3.8, 4) is 0 Å². The van der Waals surface area contributed by atoms with Crippen molar-refractivity contribution in [3.63, 3.8) is 0 Å². The predicted octanol–water partition coefficient (Wildman–Crippen LogP) is 4.82. The number of halogens is 1. The number of hydrogen-bond donors (Lipinski definition) is 1. The maximum Gasteiger partial charge on any atom is 0.341 e. The molecule has 1 aliphatic heterocycles. The molecule has 35 heavy (non-hydrogen) atoms. The number of nitrogens with zero attached hydrogens (tertiary/aromatic N) is 3. The summed E-state index contributed by atoms with van der Waals surface area (Å²) in [5.41, 5.74) is 2.53. The number of benzene rings is 2. The number of carboxylic acid groups (broad SMARTS) is 1. The summed E-state index contributed by atoms with van der Waals surface area (Å²) in [4.78, 5) is 28.4. The smallest absolute Gasteiger partial charge is 0.341 e. The second kappa shape index (κ2) is 9.62. The maximum absolute atomic E-state index is 15.2. The van der Waals surface area contributed by atoms with Gasteiger partial charge in [-0.25, -0.2) is 9.18 Å². The molecule has 182 valence electrons. The molecule has 3 aromatic rings. The number of thioether (sulfide) groups is 1. The van der Waals surface area contributed by atoms with E-state index >= 15 is 4.39 Å². The highest BCUT2D eigenvalue weighted by Gasteiger charge is 2.28. The number of fused-ring (bicyclic) bond motifs is 1. The second-order valence-corrected chi connectivity index (χ2v) is 10.8. The summed E-state index contributed by atoms with van der Waals surface area (Å²) in [6, 6.07) is 11.5. The Labute approximate surface area is 212 Å². The van der Waals surface area contributed by atoms with Crippen LogP contribution in [-0.2, 0) is 5.75 Å². The molecule has 2 heterocycles. The fourth-order valence-corrected chi connectivity index (χ4v) is 5.67. The number of hydrogen-bond acceptors (Lipinski definition) is 5. The molecule has 0 spiro atoms. The molecule has 1 saturated heterocycles. The van der Waals surface area contributed by atoms with Crippen molar-refractivity contribution in [2.75, 3.05) is 31.1 Å². The van der Waals surface area contributed by atoms with Gasteiger partial charge in [-0.3, -0.25) is 4.79 Å². The zero-order valence-corrected chi connectivity index (χ0v) is 21.0. The Balaban J connectivity index is 1.32. The van der Waals surface area contributed by atoms with Crippen LogP contribution < -0.4 is 10.3 Å². The van der Waals surface area contributed by atoms with Gasteiger partial charge in [0, 0.05) is 49.6 Å². The van der Waals surface area contributed by atoms with Crippen molar-refractivity contribution in [3.05, 3.63) is 75.3 Å². The van der Waals surface area contributed by atoms with Crippen LogP contribution in [0.3, 0.4) is 0 Å². The van der Waals surface area contributed by atoms with Crippen molar-refractivity contribution < 1.29 is 14.3 Å². The number of pyridine rings is 1. The van der Waals surface area contributed by atoms with Gasteiger partial charge in [-0.15, -0.1) is 0 Å². The highest BCUT2D eigenvalue weighted by Crippen LogP contribution is 2.38. The van der Waals surface area contributed by atoms with Crippen LogP contribution >= 0.6 is 24.0 Å². The largest absolute Gasteiger partial charge is 0.477 e. The van der Waals surface area contributed by atoms with E-state index in [4.69, 9.17) is 12.2 Å². The molecule has 2 aliphatic rings. The molecular formula is C26H26FN3O3S2. The third-order valence-corrected chi connectivity index (χ3v) is 8.23. The highest BCUT2D eigenvalue weighted by molar-refractivity contribution is 8.22. The Morgan fingerprint density at radius 2 is 1.83 bits per heavy atom. The van der Waals surface area contributed by atoms with Crippen molar-refractivity contribution in [2.24, 2.45) is 0 Å². The zero-order chi connectivity index (χ0) is 24.7. The third-order valence-electron chi connectivity index (χ3n) is 6.63. The van der Waals surface area contributed by atoms with Crippen molar-refractivity contribution in [1.29, 1.82) is 0 Å². The van der Waals surface area contributed by atoms with Crippen LogP contribution in [0.2, 0.25) is 0 Å². The van der Waals surface area contributed by atoms with Crippen LogP contribution in [0, 0.1) is 12.7 Å². The van der Waals surface area contributed by atoms with Crippen LogP contribution in [0.15, 0.2) is 47.4 Å². The minimum atomic E-state index is -1.29. The molecule has 1 N–H and O–H groups in total. The van der Waals surface area contributed by atoms with E-state index < -0.39 is 17.2 Å². The fraction of sp³-hybridized carbons (Fsp3) is 0.346. The van der Waals surface area contributed by atoms with Crippen molar-refractivity contribution >= 4 is 50.9 Å². The average Bonchev–Trinajstić information content (AvgIpc) is 3.69. The van der Waals surface area contributed by atoms with Gasteiger partial charge in [-0.2, -0.15) is 0 Å². The van der Waals surface area contributed by atoms with Crippen LogP contribution in [-0.4, -0.2) is 51.0 Å². The molecule has 2 aromatic carbocycles. The van der Waals surface area contributed by atoms with E-state index in [2.05, 4.69) is 36.1 Å². The highest BCUT2D eigenvalue weighted by atomic mass is 32.2. The van der Waals surface area contributed by atoms with Crippen molar-refractivity contribution in [1.82, 2.24) is 9.47 Å². The SMILES string of the molecule is Cc1ccc(CSC(=S)N2CCN(c3cc4c(cc3F)c(=O)c(C(=O)O)cn4C3CC3)CC2)cc1. The first kappa shape index (κ1) is 23.8. The number of carboxylic acids is 1. The molecule has 0 atom stereocenters. The van der Waals surface area contributed by atoms with E-state index in [1.54, 1.807) is 17.8 Å². The minimum Gasteiger partial charge on any atom is -0.477 e. The summed E-state index contributed by atoms with van der Waals surface area (Å²) >= 11 is 7.29. The molecule has 1 aromatic heterocycles. The zero-order valence-electron chi connectivity index (χ0n) is 19.4. The van der Waals surface area contributed by atoms with E-state index in [1.165, 1.54) is 23.4 Å². The average molecular weight is 512 g/mol. The number of rotatable bonds is 5. The number of aryl methyl sites for hydroxylation is 1. The van der Waals surface area contributed by atoms with Gasteiger partial charge in [0.25, 0.3) is 0 Å². The number of thiocarbonyl (C=S) groups is 1. The lowest BCUT2D eigenvalue weighted by Gasteiger charge is -2.37. The standard InChI is InChI=1S/C26H26FN3O3S2/c1-16-2-4-17(5-3-16)15-35-26(34)29-10-8-28(9-11-29)23-13-22-19(12-21(23)27)24(31)20(25(32)33)14-30(22)18-6-7-18/h2-5,12-14,18H,6-11,15H2,1H3,(H,32,33). The first-order valence-electron chi connectivity index (χ1n) is 11.7. The third kappa shape index (κ3) is 4.92. The summed E-state index contributed by atoms with van der Waals surface area (Å²) in [5.74, 6) is -0.984. The molecule has 2 fully saturated rings. The maximum atomic E-state index is 15.2. The van der Waals surface area contributed by atoms with Gasteiger partial charge in [0.2, 0.25) is 5.43 Å². The molecule has 9 heteroatoms. The molecule has 0 bridgehead atoms. The van der Waals surface area contributed by atoms with E-state index in [0.717, 1.165) is 22.9 Å². The van der Waals surface area contributed by atoms with Crippen molar-refractivity contribution in [2.45, 2.75) is 31.6 Å². The first-order valence-corrected chi connectivity index (χ1v) is 13.0. The molecule has 1 saturated carbocycles. The van der Waals surface area contributed by atoms with Crippen LogP contribution in [0.1, 0.15) is 40.4 Å². The molecule has 0 amide bonds. The molecule has 1 aliphatic carbocycles. The Morgan fingerprint density at radius 3 is 2.46 bits per heavy atom. The quantitative estimate of drug-likeness (QED) is 0.493. The normalized spacial score (nSPS) is 16.1. The van der Waals surface area contributed by atoms with Crippen LogP contribution in [0.5, 0.6) is 0 Å². The Bertz CT molecular complexity index is 1360. The molecular weight excluding hydrogens is 485 g/mol. The lowest BCUT2D eigenvalue weighted by molar-refractivity contribution is 0.0695.